The Hall–Kier alpha value is -8.41. The van der Waals surface area contributed by atoms with Crippen LogP contribution in [0.1, 0.15) is 0 Å². The number of furan rings is 1. The van der Waals surface area contributed by atoms with E-state index in [9.17, 15) is 0 Å². The minimum absolute atomic E-state index is 0.578. The van der Waals surface area contributed by atoms with Gasteiger partial charge in [-0.2, -0.15) is 0 Å². The largest absolute Gasteiger partial charge is 0.456 e. The van der Waals surface area contributed by atoms with Crippen LogP contribution >= 0.6 is 0 Å². The van der Waals surface area contributed by atoms with Gasteiger partial charge in [0.05, 0.1) is 11.0 Å². The molecule has 0 N–H and O–H groups in total. The second-order valence-corrected chi connectivity index (χ2v) is 16.0. The summed E-state index contributed by atoms with van der Waals surface area (Å²) in [6.45, 7) is 0. The van der Waals surface area contributed by atoms with Crippen LogP contribution in [-0.4, -0.2) is 19.5 Å². The summed E-state index contributed by atoms with van der Waals surface area (Å²) in [6, 6.07) is 72.8. The van der Waals surface area contributed by atoms with Crippen molar-refractivity contribution in [3.8, 4) is 51.0 Å². The third-order valence-electron chi connectivity index (χ3n) is 12.4. The zero-order valence-electron chi connectivity index (χ0n) is 33.3. The van der Waals surface area contributed by atoms with Gasteiger partial charge in [0, 0.05) is 43.9 Å². The monoisotopic (exact) mass is 790 g/mol. The molecule has 0 aliphatic rings. The van der Waals surface area contributed by atoms with Crippen molar-refractivity contribution in [2.75, 3.05) is 0 Å². The molecule has 0 saturated heterocycles. The predicted molar refractivity (Wildman–Crippen MR) is 256 cm³/mol. The fraction of sp³-hybridized carbons (Fsp3) is 0. The van der Waals surface area contributed by atoms with E-state index in [1.54, 1.807) is 0 Å². The van der Waals surface area contributed by atoms with Gasteiger partial charge in [0.2, 0.25) is 0 Å². The summed E-state index contributed by atoms with van der Waals surface area (Å²) in [4.78, 5) is 15.6. The van der Waals surface area contributed by atoms with Crippen LogP contribution in [0.5, 0.6) is 0 Å². The van der Waals surface area contributed by atoms with E-state index in [1.165, 1.54) is 32.3 Å². The minimum atomic E-state index is 0.578. The van der Waals surface area contributed by atoms with Crippen LogP contribution in [-0.2, 0) is 0 Å². The first-order valence-electron chi connectivity index (χ1n) is 20.9. The molecule has 0 unspecified atom stereocenters. The van der Waals surface area contributed by atoms with Gasteiger partial charge in [0.25, 0.3) is 0 Å². The summed E-state index contributed by atoms with van der Waals surface area (Å²) in [5.74, 6) is 1.79. The first-order valence-corrected chi connectivity index (χ1v) is 20.9. The second-order valence-electron chi connectivity index (χ2n) is 16.0. The van der Waals surface area contributed by atoms with E-state index in [-0.39, 0.29) is 0 Å². The SMILES string of the molecule is c1ccc(-c2cccc(-c3nc(-c4ccccc4)nc(-c4cc5oc6ccccc6c5c5cc(-n6c7cc8ccccc8cc7c7c8ccccc8ccc76)ccc45)n3)c2)cc1. The van der Waals surface area contributed by atoms with Crippen molar-refractivity contribution >= 4 is 76.1 Å². The van der Waals surface area contributed by atoms with Crippen molar-refractivity contribution in [2.24, 2.45) is 0 Å². The molecule has 0 aliphatic heterocycles. The molecular formula is C57H34N4O. The number of nitrogens with zero attached hydrogens (tertiary/aromatic N) is 4. The molecule has 0 bridgehead atoms. The Morgan fingerprint density at radius 2 is 0.968 bits per heavy atom. The van der Waals surface area contributed by atoms with Gasteiger partial charge in [-0.3, -0.25) is 0 Å². The number of fused-ring (bicyclic) bond motifs is 11. The number of hydrogen-bond acceptors (Lipinski definition) is 4. The third-order valence-corrected chi connectivity index (χ3v) is 12.4. The van der Waals surface area contributed by atoms with Crippen LogP contribution in [0.25, 0.3) is 127 Å². The molecule has 0 spiro atoms. The highest BCUT2D eigenvalue weighted by molar-refractivity contribution is 6.25. The van der Waals surface area contributed by atoms with Gasteiger partial charge in [-0.05, 0) is 92.0 Å². The van der Waals surface area contributed by atoms with Crippen molar-refractivity contribution in [2.45, 2.75) is 0 Å². The van der Waals surface area contributed by atoms with Crippen LogP contribution in [0, 0.1) is 0 Å². The topological polar surface area (TPSA) is 56.7 Å². The van der Waals surface area contributed by atoms with Gasteiger partial charge in [-0.25, -0.2) is 15.0 Å². The summed E-state index contributed by atoms with van der Waals surface area (Å²) in [7, 11) is 0. The molecule has 5 heteroatoms. The average Bonchev–Trinajstić information content (AvgIpc) is 3.89. The normalized spacial score (nSPS) is 11.9. The van der Waals surface area contributed by atoms with Gasteiger partial charge in [-0.15, -0.1) is 0 Å². The summed E-state index contributed by atoms with van der Waals surface area (Å²) in [6.07, 6.45) is 0. The second kappa shape index (κ2) is 13.6. The number of para-hydroxylation sites is 1. The van der Waals surface area contributed by atoms with Gasteiger partial charge >= 0.3 is 0 Å². The van der Waals surface area contributed by atoms with E-state index in [0.717, 1.165) is 77.2 Å². The molecule has 0 aliphatic carbocycles. The lowest BCUT2D eigenvalue weighted by atomic mass is 9.97. The molecule has 0 radical (unpaired) electrons. The predicted octanol–water partition coefficient (Wildman–Crippen LogP) is 15.0. The van der Waals surface area contributed by atoms with Gasteiger partial charge < -0.3 is 8.98 Å². The number of aromatic nitrogens is 4. The maximum Gasteiger partial charge on any atom is 0.164 e. The van der Waals surface area contributed by atoms with E-state index in [4.69, 9.17) is 19.4 Å². The van der Waals surface area contributed by atoms with Crippen LogP contribution in [0.4, 0.5) is 0 Å². The maximum atomic E-state index is 6.71. The molecule has 5 nitrogen and oxygen atoms in total. The van der Waals surface area contributed by atoms with Crippen LogP contribution in [0.3, 0.4) is 0 Å². The van der Waals surface area contributed by atoms with Gasteiger partial charge in [-0.1, -0.05) is 158 Å². The zero-order valence-corrected chi connectivity index (χ0v) is 33.3. The maximum absolute atomic E-state index is 6.71. The molecule has 288 valence electrons. The Kier molecular flexibility index (Phi) is 7.54. The van der Waals surface area contributed by atoms with Crippen LogP contribution in [0.15, 0.2) is 211 Å². The summed E-state index contributed by atoms with van der Waals surface area (Å²) < 4.78 is 9.14. The first kappa shape index (κ1) is 34.5. The highest BCUT2D eigenvalue weighted by Crippen LogP contribution is 2.43. The van der Waals surface area contributed by atoms with Crippen molar-refractivity contribution in [1.29, 1.82) is 0 Å². The molecule has 0 amide bonds. The van der Waals surface area contributed by atoms with Crippen molar-refractivity contribution in [3.63, 3.8) is 0 Å². The summed E-state index contributed by atoms with van der Waals surface area (Å²) in [5, 5.41) is 11.6. The van der Waals surface area contributed by atoms with E-state index in [1.807, 2.05) is 48.5 Å². The fourth-order valence-electron chi connectivity index (χ4n) is 9.51. The fourth-order valence-corrected chi connectivity index (χ4v) is 9.51. The lowest BCUT2D eigenvalue weighted by molar-refractivity contribution is 0.669. The first-order chi connectivity index (χ1) is 30.7. The van der Waals surface area contributed by atoms with E-state index in [2.05, 4.69) is 162 Å². The molecule has 3 aromatic heterocycles. The number of benzene rings is 10. The molecule has 3 heterocycles. The van der Waals surface area contributed by atoms with Crippen LogP contribution in [0.2, 0.25) is 0 Å². The Labute approximate surface area is 355 Å². The number of rotatable bonds is 5. The highest BCUT2D eigenvalue weighted by atomic mass is 16.3. The van der Waals surface area contributed by atoms with E-state index >= 15 is 0 Å². The van der Waals surface area contributed by atoms with Crippen molar-refractivity contribution < 1.29 is 4.42 Å². The van der Waals surface area contributed by atoms with E-state index in [0.29, 0.717) is 17.5 Å². The van der Waals surface area contributed by atoms with Gasteiger partial charge in [0.1, 0.15) is 11.2 Å². The van der Waals surface area contributed by atoms with Crippen LogP contribution < -0.4 is 0 Å². The Morgan fingerprint density at radius 3 is 1.79 bits per heavy atom. The molecule has 0 fully saturated rings. The molecule has 13 aromatic rings. The highest BCUT2D eigenvalue weighted by Gasteiger charge is 2.22. The van der Waals surface area contributed by atoms with Crippen molar-refractivity contribution in [1.82, 2.24) is 19.5 Å². The molecule has 0 atom stereocenters. The van der Waals surface area contributed by atoms with E-state index < -0.39 is 0 Å². The zero-order chi connectivity index (χ0) is 40.7. The van der Waals surface area contributed by atoms with Gasteiger partial charge in [0.15, 0.2) is 17.5 Å². The summed E-state index contributed by atoms with van der Waals surface area (Å²) in [5.41, 5.74) is 9.92. The molecular weight excluding hydrogens is 757 g/mol. The number of hydrogen-bond donors (Lipinski definition) is 0. The average molecular weight is 791 g/mol. The third kappa shape index (κ3) is 5.38. The lowest BCUT2D eigenvalue weighted by Gasteiger charge is -2.14. The summed E-state index contributed by atoms with van der Waals surface area (Å²) >= 11 is 0. The Bertz CT molecular complexity index is 3920. The molecule has 13 rings (SSSR count). The Morgan fingerprint density at radius 1 is 0.323 bits per heavy atom. The lowest BCUT2D eigenvalue weighted by Crippen LogP contribution is -2.01. The molecule has 10 aromatic carbocycles. The molecule has 0 saturated carbocycles. The quantitative estimate of drug-likeness (QED) is 0.174. The standard InChI is InChI=1S/C57H34N4O/c1-3-14-35(15-4-1)38-21-13-22-41(30-38)56-58-55(37-17-5-2-6-18-37)59-57(60-56)47-34-52-54(45-24-11-12-25-51(45)62-52)46-33-42(27-28-44(46)47)61-49-29-26-36-16-9-10-23-43(36)53(49)48-31-39-19-7-8-20-40(39)32-50(48)61/h1-34H. The Balaban J connectivity index is 1.10. The minimum Gasteiger partial charge on any atom is -0.456 e. The molecule has 62 heavy (non-hydrogen) atoms. The smallest absolute Gasteiger partial charge is 0.164 e. The van der Waals surface area contributed by atoms with Crippen molar-refractivity contribution in [3.05, 3.63) is 206 Å².